The second kappa shape index (κ2) is 6.12. The quantitative estimate of drug-likeness (QED) is 0.802. The molecule has 1 aromatic rings. The fourth-order valence-corrected chi connectivity index (χ4v) is 3.74. The Bertz CT molecular complexity index is 372. The van der Waals surface area contributed by atoms with Gasteiger partial charge in [0, 0.05) is 10.6 Å². The van der Waals surface area contributed by atoms with Crippen LogP contribution >= 0.6 is 23.4 Å². The molecule has 1 aliphatic carbocycles. The van der Waals surface area contributed by atoms with Gasteiger partial charge in [-0.3, -0.25) is 0 Å². The lowest BCUT2D eigenvalue weighted by molar-refractivity contribution is 0.199. The molecule has 0 amide bonds. The molecule has 1 aromatic carbocycles. The smallest absolute Gasteiger partial charge is 0.0762 e. The zero-order valence-corrected chi connectivity index (χ0v) is 11.7. The number of benzene rings is 1. The number of hydrogen-bond acceptors (Lipinski definition) is 2. The predicted molar refractivity (Wildman–Crippen MR) is 74.8 cm³/mol. The van der Waals surface area contributed by atoms with E-state index in [1.165, 1.54) is 31.4 Å². The molecule has 0 spiro atoms. The zero-order valence-electron chi connectivity index (χ0n) is 10.2. The predicted octanol–water partition coefficient (Wildman–Crippen LogP) is 4.68. The summed E-state index contributed by atoms with van der Waals surface area (Å²) in [6.07, 6.45) is 5.08. The molecule has 1 aliphatic rings. The van der Waals surface area contributed by atoms with Crippen LogP contribution < -0.4 is 0 Å². The van der Waals surface area contributed by atoms with E-state index in [-0.39, 0.29) is 0 Å². The standard InChI is InChI=1S/C14H19ClOS/c1-10(16)12-6-7-14(13(15)8-12)17-9-11-4-2-3-5-11/h6-8,10-11,16H,2-5,9H2,1H3/t10-/m0/s1. The number of rotatable bonds is 4. The first-order chi connectivity index (χ1) is 8.16. The van der Waals surface area contributed by atoms with Crippen LogP contribution in [-0.4, -0.2) is 10.9 Å². The van der Waals surface area contributed by atoms with Crippen molar-refractivity contribution in [3.63, 3.8) is 0 Å². The minimum atomic E-state index is -0.443. The van der Waals surface area contributed by atoms with Crippen LogP contribution in [0.25, 0.3) is 0 Å². The Morgan fingerprint density at radius 2 is 2.12 bits per heavy atom. The van der Waals surface area contributed by atoms with Crippen LogP contribution in [0.15, 0.2) is 23.1 Å². The largest absolute Gasteiger partial charge is 0.389 e. The van der Waals surface area contributed by atoms with Crippen LogP contribution in [0, 0.1) is 5.92 Å². The molecular weight excluding hydrogens is 252 g/mol. The van der Waals surface area contributed by atoms with Crippen LogP contribution in [0.1, 0.15) is 44.3 Å². The van der Waals surface area contributed by atoms with Gasteiger partial charge in [0.15, 0.2) is 0 Å². The Kier molecular flexibility index (Phi) is 4.78. The number of hydrogen-bond donors (Lipinski definition) is 1. The molecule has 0 saturated heterocycles. The molecule has 3 heteroatoms. The van der Waals surface area contributed by atoms with Gasteiger partial charge in [0.2, 0.25) is 0 Å². The van der Waals surface area contributed by atoms with Crippen molar-refractivity contribution < 1.29 is 5.11 Å². The number of aliphatic hydroxyl groups is 1. The monoisotopic (exact) mass is 270 g/mol. The minimum absolute atomic E-state index is 0.443. The average molecular weight is 271 g/mol. The van der Waals surface area contributed by atoms with Crippen LogP contribution in [0.4, 0.5) is 0 Å². The third kappa shape index (κ3) is 3.64. The van der Waals surface area contributed by atoms with E-state index in [1.54, 1.807) is 6.92 Å². The van der Waals surface area contributed by atoms with E-state index in [9.17, 15) is 5.11 Å². The maximum absolute atomic E-state index is 9.48. The fraction of sp³-hybridized carbons (Fsp3) is 0.571. The fourth-order valence-electron chi connectivity index (χ4n) is 2.28. The molecule has 0 heterocycles. The zero-order chi connectivity index (χ0) is 12.3. The summed E-state index contributed by atoms with van der Waals surface area (Å²) in [5, 5.41) is 10.2. The Morgan fingerprint density at radius 1 is 1.41 bits per heavy atom. The van der Waals surface area contributed by atoms with Gasteiger partial charge in [-0.25, -0.2) is 0 Å². The van der Waals surface area contributed by atoms with Crippen LogP contribution in [0.2, 0.25) is 5.02 Å². The van der Waals surface area contributed by atoms with E-state index in [1.807, 2.05) is 30.0 Å². The minimum Gasteiger partial charge on any atom is -0.389 e. The molecule has 1 fully saturated rings. The van der Waals surface area contributed by atoms with Crippen molar-refractivity contribution >= 4 is 23.4 Å². The Hall–Kier alpha value is -0.180. The van der Waals surface area contributed by atoms with E-state index in [4.69, 9.17) is 11.6 Å². The molecule has 0 radical (unpaired) electrons. The van der Waals surface area contributed by atoms with Gasteiger partial charge < -0.3 is 5.11 Å². The van der Waals surface area contributed by atoms with Gasteiger partial charge in [-0.05, 0) is 43.4 Å². The molecule has 1 N–H and O–H groups in total. The summed E-state index contributed by atoms with van der Waals surface area (Å²) < 4.78 is 0. The molecule has 2 rings (SSSR count). The van der Waals surface area contributed by atoms with Crippen LogP contribution in [0.3, 0.4) is 0 Å². The van der Waals surface area contributed by atoms with Gasteiger partial charge in [0.25, 0.3) is 0 Å². The van der Waals surface area contributed by atoms with Crippen molar-refractivity contribution in [3.8, 4) is 0 Å². The summed E-state index contributed by atoms with van der Waals surface area (Å²) in [4.78, 5) is 1.14. The van der Waals surface area contributed by atoms with Crippen molar-refractivity contribution in [2.24, 2.45) is 5.92 Å². The van der Waals surface area contributed by atoms with Crippen LogP contribution in [-0.2, 0) is 0 Å². The Morgan fingerprint density at radius 3 is 2.71 bits per heavy atom. The van der Waals surface area contributed by atoms with Gasteiger partial charge in [-0.1, -0.05) is 30.5 Å². The molecule has 0 unspecified atom stereocenters. The van der Waals surface area contributed by atoms with E-state index in [0.717, 1.165) is 21.4 Å². The first-order valence-corrected chi connectivity index (χ1v) is 7.63. The summed E-state index contributed by atoms with van der Waals surface area (Å²) in [5.74, 6) is 2.04. The summed E-state index contributed by atoms with van der Waals surface area (Å²) in [5.41, 5.74) is 0.889. The number of thioether (sulfide) groups is 1. The highest BCUT2D eigenvalue weighted by molar-refractivity contribution is 7.99. The van der Waals surface area contributed by atoms with E-state index < -0.39 is 6.10 Å². The summed E-state index contributed by atoms with van der Waals surface area (Å²) in [7, 11) is 0. The molecule has 0 bridgehead atoms. The molecule has 0 aromatic heterocycles. The highest BCUT2D eigenvalue weighted by atomic mass is 35.5. The summed E-state index contributed by atoms with van der Waals surface area (Å²) in [6, 6.07) is 5.88. The van der Waals surface area contributed by atoms with Crippen molar-refractivity contribution in [2.45, 2.75) is 43.6 Å². The van der Waals surface area contributed by atoms with Crippen LogP contribution in [0.5, 0.6) is 0 Å². The van der Waals surface area contributed by atoms with Gasteiger partial charge in [-0.2, -0.15) is 0 Å². The third-order valence-corrected chi connectivity index (χ3v) is 5.12. The van der Waals surface area contributed by atoms with Crippen molar-refractivity contribution in [1.29, 1.82) is 0 Å². The van der Waals surface area contributed by atoms with E-state index >= 15 is 0 Å². The molecule has 1 nitrogen and oxygen atoms in total. The Labute approximate surface area is 113 Å². The maximum atomic E-state index is 9.48. The van der Waals surface area contributed by atoms with E-state index in [0.29, 0.717) is 0 Å². The lowest BCUT2D eigenvalue weighted by Crippen LogP contribution is -1.97. The first-order valence-electron chi connectivity index (χ1n) is 6.27. The Balaban J connectivity index is 1.96. The topological polar surface area (TPSA) is 20.2 Å². The second-order valence-corrected chi connectivity index (χ2v) is 6.30. The number of aliphatic hydroxyl groups excluding tert-OH is 1. The lowest BCUT2D eigenvalue weighted by atomic mass is 10.1. The second-order valence-electron chi connectivity index (χ2n) is 4.83. The molecular formula is C14H19ClOS. The number of halogens is 1. The van der Waals surface area contributed by atoms with Crippen molar-refractivity contribution in [2.75, 3.05) is 5.75 Å². The highest BCUT2D eigenvalue weighted by Gasteiger charge is 2.15. The molecule has 1 saturated carbocycles. The van der Waals surface area contributed by atoms with Crippen molar-refractivity contribution in [1.82, 2.24) is 0 Å². The van der Waals surface area contributed by atoms with E-state index in [2.05, 4.69) is 0 Å². The average Bonchev–Trinajstić information content (AvgIpc) is 2.80. The SMILES string of the molecule is C[C@H](O)c1ccc(SCC2CCCC2)c(Cl)c1. The normalized spacial score (nSPS) is 18.5. The highest BCUT2D eigenvalue weighted by Crippen LogP contribution is 2.34. The third-order valence-electron chi connectivity index (χ3n) is 3.39. The lowest BCUT2D eigenvalue weighted by Gasteiger charge is -2.11. The van der Waals surface area contributed by atoms with Gasteiger partial charge in [0.1, 0.15) is 0 Å². The van der Waals surface area contributed by atoms with Gasteiger partial charge in [0.05, 0.1) is 11.1 Å². The maximum Gasteiger partial charge on any atom is 0.0762 e. The molecule has 0 aliphatic heterocycles. The summed E-state index contributed by atoms with van der Waals surface area (Å²) >= 11 is 8.08. The summed E-state index contributed by atoms with van der Waals surface area (Å²) in [6.45, 7) is 1.76. The van der Waals surface area contributed by atoms with Crippen molar-refractivity contribution in [3.05, 3.63) is 28.8 Å². The molecule has 1 atom stereocenters. The van der Waals surface area contributed by atoms with Gasteiger partial charge in [-0.15, -0.1) is 11.8 Å². The first kappa shape index (κ1) is 13.3. The van der Waals surface area contributed by atoms with Gasteiger partial charge >= 0.3 is 0 Å². The molecule has 94 valence electrons. The molecule has 17 heavy (non-hydrogen) atoms.